The number of anilines is 3. The summed E-state index contributed by atoms with van der Waals surface area (Å²) in [4.78, 5) is 55.2. The molecule has 4 aromatic carbocycles. The Labute approximate surface area is 300 Å². The van der Waals surface area contributed by atoms with E-state index in [0.29, 0.717) is 47.6 Å². The van der Waals surface area contributed by atoms with Crippen LogP contribution in [0.3, 0.4) is 0 Å². The number of amides is 2. The first kappa shape index (κ1) is 33.8. The highest BCUT2D eigenvalue weighted by molar-refractivity contribution is 6.71. The van der Waals surface area contributed by atoms with Crippen molar-refractivity contribution >= 4 is 53.7 Å². The van der Waals surface area contributed by atoms with Gasteiger partial charge in [0.2, 0.25) is 0 Å². The summed E-state index contributed by atoms with van der Waals surface area (Å²) in [5, 5.41) is 31.5. The molecule has 52 heavy (non-hydrogen) atoms. The monoisotopic (exact) mass is 718 g/mol. The van der Waals surface area contributed by atoms with Gasteiger partial charge in [0.15, 0.2) is 13.9 Å². The quantitative estimate of drug-likeness (QED) is 0.106. The molecule has 1 spiro atoms. The lowest BCUT2D eigenvalue weighted by molar-refractivity contribution is -0.385. The van der Waals surface area contributed by atoms with Crippen molar-refractivity contribution in [3.05, 3.63) is 118 Å². The summed E-state index contributed by atoms with van der Waals surface area (Å²) in [6.07, 6.45) is 1.98. The Balaban J connectivity index is 1.15. The molecule has 5 aromatic rings. The zero-order valence-electron chi connectivity index (χ0n) is 29.0. The standard InChI is InChI=1S/C38H38N6O7Si/c1-23-35(52(2,3)50)33(15-17-41-22-26(16-18-45)39-40-41)51-38(23)30-20-28(44(48)49)13-14-31(30)42(37(38)47)21-24-7-4-10-27(19-24)43-32-12-6-9-25-8-5-11-29(34(25)32)36(43)46/h4-14,19-20,22-23,33,35,45,50H,15-18,21H2,1-3H3/t23-,33+,35-,38+/m0/s1. The molecular weight excluding hydrogens is 681 g/mol. The zero-order valence-corrected chi connectivity index (χ0v) is 30.0. The summed E-state index contributed by atoms with van der Waals surface area (Å²) < 4.78 is 8.53. The molecule has 0 saturated carbocycles. The van der Waals surface area contributed by atoms with Crippen LogP contribution in [0.5, 0.6) is 0 Å². The Kier molecular flexibility index (Phi) is 8.10. The largest absolute Gasteiger partial charge is 0.432 e. The molecule has 4 atom stereocenters. The van der Waals surface area contributed by atoms with E-state index in [1.807, 2.05) is 80.7 Å². The van der Waals surface area contributed by atoms with Gasteiger partial charge in [-0.05, 0) is 60.8 Å². The molecule has 2 N–H and O–H groups in total. The number of benzene rings is 4. The van der Waals surface area contributed by atoms with Crippen LogP contribution < -0.4 is 9.80 Å². The molecule has 1 aromatic heterocycles. The van der Waals surface area contributed by atoms with E-state index in [1.165, 1.54) is 12.1 Å². The van der Waals surface area contributed by atoms with Gasteiger partial charge in [0, 0.05) is 66.0 Å². The number of aromatic nitrogens is 3. The fourth-order valence-electron chi connectivity index (χ4n) is 8.69. The number of nitrogens with zero attached hydrogens (tertiary/aromatic N) is 6. The normalized spacial score (nSPS) is 22.3. The summed E-state index contributed by atoms with van der Waals surface area (Å²) >= 11 is 0. The SMILES string of the molecule is C[C@H]1[C@H]([Si](C)(C)O)[C@@H](CCn2cc(CCO)nn2)O[C@]12C(=O)N(Cc1cccc(N3C(=O)c4cccc5cccc3c45)c1)c1ccc([N+](=O)[O-])cc12. The molecule has 0 bridgehead atoms. The highest BCUT2D eigenvalue weighted by atomic mass is 28.4. The number of hydrogen-bond acceptors (Lipinski definition) is 9. The number of ether oxygens (including phenoxy) is 1. The summed E-state index contributed by atoms with van der Waals surface area (Å²) in [5.74, 6) is -1.00. The fraction of sp³-hybridized carbons (Fsp3) is 0.316. The molecule has 0 aliphatic carbocycles. The van der Waals surface area contributed by atoms with Crippen molar-refractivity contribution in [2.75, 3.05) is 16.4 Å². The maximum Gasteiger partial charge on any atom is 0.269 e. The van der Waals surface area contributed by atoms with Crippen LogP contribution in [0.15, 0.2) is 85.1 Å². The van der Waals surface area contributed by atoms with Crippen molar-refractivity contribution in [2.24, 2.45) is 5.92 Å². The predicted molar refractivity (Wildman–Crippen MR) is 196 cm³/mol. The zero-order chi connectivity index (χ0) is 36.5. The Morgan fingerprint density at radius 3 is 2.54 bits per heavy atom. The van der Waals surface area contributed by atoms with E-state index in [9.17, 15) is 29.6 Å². The average Bonchev–Trinajstić information content (AvgIpc) is 3.83. The van der Waals surface area contributed by atoms with Gasteiger partial charge in [-0.25, -0.2) is 0 Å². The summed E-state index contributed by atoms with van der Waals surface area (Å²) in [6.45, 7) is 6.02. The number of hydrogen-bond donors (Lipinski definition) is 2. The van der Waals surface area contributed by atoms with Gasteiger partial charge in [-0.15, -0.1) is 5.10 Å². The second-order valence-electron chi connectivity index (χ2n) is 14.4. The minimum atomic E-state index is -2.99. The summed E-state index contributed by atoms with van der Waals surface area (Å²) in [6, 6.07) is 23.4. The lowest BCUT2D eigenvalue weighted by Crippen LogP contribution is -2.46. The number of aryl methyl sites for hydroxylation is 1. The third-order valence-corrected chi connectivity index (χ3v) is 13.3. The molecule has 3 aliphatic rings. The van der Waals surface area contributed by atoms with Crippen LogP contribution in [0.1, 0.15) is 40.5 Å². The number of carbonyl (C=O) groups excluding carboxylic acids is 2. The van der Waals surface area contributed by atoms with Crippen molar-refractivity contribution in [1.29, 1.82) is 0 Å². The highest BCUT2D eigenvalue weighted by Crippen LogP contribution is 2.60. The van der Waals surface area contributed by atoms with E-state index in [2.05, 4.69) is 10.3 Å². The minimum Gasteiger partial charge on any atom is -0.432 e. The molecule has 266 valence electrons. The first-order chi connectivity index (χ1) is 24.9. The molecule has 0 unspecified atom stereocenters. The van der Waals surface area contributed by atoms with Crippen LogP contribution in [-0.2, 0) is 34.6 Å². The van der Waals surface area contributed by atoms with Crippen LogP contribution in [0.4, 0.5) is 22.7 Å². The molecule has 0 radical (unpaired) electrons. The van der Waals surface area contributed by atoms with Gasteiger partial charge >= 0.3 is 0 Å². The predicted octanol–water partition coefficient (Wildman–Crippen LogP) is 5.60. The van der Waals surface area contributed by atoms with Crippen molar-refractivity contribution in [3.8, 4) is 0 Å². The lowest BCUT2D eigenvalue weighted by atomic mass is 9.82. The van der Waals surface area contributed by atoms with E-state index in [4.69, 9.17) is 4.74 Å². The smallest absolute Gasteiger partial charge is 0.269 e. The van der Waals surface area contributed by atoms with Gasteiger partial charge in [0.1, 0.15) is 0 Å². The second-order valence-corrected chi connectivity index (χ2v) is 18.4. The highest BCUT2D eigenvalue weighted by Gasteiger charge is 2.66. The van der Waals surface area contributed by atoms with Crippen LogP contribution in [0.2, 0.25) is 18.6 Å². The summed E-state index contributed by atoms with van der Waals surface area (Å²) in [5.41, 5.74) is 2.27. The maximum atomic E-state index is 15.0. The Bertz CT molecular complexity index is 2260. The number of nitro groups is 1. The number of aliphatic hydroxyl groups excluding tert-OH is 1. The third-order valence-electron chi connectivity index (χ3n) is 10.8. The van der Waals surface area contributed by atoms with Gasteiger partial charge in [-0.1, -0.05) is 48.5 Å². The van der Waals surface area contributed by atoms with Crippen molar-refractivity contribution in [2.45, 2.75) is 63.2 Å². The van der Waals surface area contributed by atoms with Crippen molar-refractivity contribution < 1.29 is 29.2 Å². The number of nitro benzene ring substituents is 1. The van der Waals surface area contributed by atoms with Gasteiger partial charge in [-0.2, -0.15) is 0 Å². The second kappa shape index (κ2) is 12.4. The van der Waals surface area contributed by atoms with E-state index in [-0.39, 0.29) is 30.7 Å². The molecule has 1 fully saturated rings. The van der Waals surface area contributed by atoms with E-state index < -0.39 is 36.4 Å². The third kappa shape index (κ3) is 5.24. The first-order valence-electron chi connectivity index (χ1n) is 17.4. The van der Waals surface area contributed by atoms with Crippen LogP contribution in [-0.4, -0.2) is 62.7 Å². The number of non-ortho nitro benzene ring substituents is 1. The molecule has 2 amide bonds. The number of aliphatic hydroxyl groups is 1. The fourth-order valence-corrected chi connectivity index (χ4v) is 11.3. The topological polar surface area (TPSA) is 164 Å². The van der Waals surface area contributed by atoms with Crippen molar-refractivity contribution in [3.63, 3.8) is 0 Å². The van der Waals surface area contributed by atoms with Gasteiger partial charge in [0.25, 0.3) is 17.5 Å². The van der Waals surface area contributed by atoms with E-state index in [0.717, 1.165) is 22.0 Å². The van der Waals surface area contributed by atoms with Gasteiger partial charge < -0.3 is 19.5 Å². The Hall–Kier alpha value is -5.28. The molecule has 3 aliphatic heterocycles. The van der Waals surface area contributed by atoms with E-state index in [1.54, 1.807) is 26.7 Å². The number of rotatable bonds is 10. The van der Waals surface area contributed by atoms with Crippen LogP contribution >= 0.6 is 0 Å². The minimum absolute atomic E-state index is 0.0491. The summed E-state index contributed by atoms with van der Waals surface area (Å²) in [7, 11) is -2.99. The van der Waals surface area contributed by atoms with E-state index >= 15 is 0 Å². The van der Waals surface area contributed by atoms with Gasteiger partial charge in [-0.3, -0.25) is 29.3 Å². The molecule has 1 saturated heterocycles. The Morgan fingerprint density at radius 1 is 1.02 bits per heavy atom. The lowest BCUT2D eigenvalue weighted by Gasteiger charge is -2.32. The molecular formula is C38H38N6O7Si. The maximum absolute atomic E-state index is 15.0. The molecule has 4 heterocycles. The average molecular weight is 719 g/mol. The number of fused-ring (bicyclic) bond motifs is 2. The molecule has 8 rings (SSSR count). The molecule has 14 heteroatoms. The first-order valence-corrected chi connectivity index (χ1v) is 20.4. The van der Waals surface area contributed by atoms with Crippen LogP contribution in [0.25, 0.3) is 10.8 Å². The van der Waals surface area contributed by atoms with Crippen molar-refractivity contribution in [1.82, 2.24) is 15.0 Å². The Morgan fingerprint density at radius 2 is 1.79 bits per heavy atom. The molecule has 13 nitrogen and oxygen atoms in total. The van der Waals surface area contributed by atoms with Gasteiger partial charge in [0.05, 0.1) is 40.2 Å². The van der Waals surface area contributed by atoms with Crippen LogP contribution in [0, 0.1) is 16.0 Å². The number of carbonyl (C=O) groups is 2.